The summed E-state index contributed by atoms with van der Waals surface area (Å²) in [5.74, 6) is 0.266. The predicted octanol–water partition coefficient (Wildman–Crippen LogP) is 5.76. The number of carbonyl (C=O) groups is 1. The summed E-state index contributed by atoms with van der Waals surface area (Å²) in [6, 6.07) is 18.2. The minimum absolute atomic E-state index is 0.132. The molecular weight excluding hydrogens is 406 g/mol. The van der Waals surface area contributed by atoms with Gasteiger partial charge in [-0.1, -0.05) is 48.0 Å². The van der Waals surface area contributed by atoms with E-state index in [0.29, 0.717) is 38.7 Å². The molecule has 4 rings (SSSR count). The van der Waals surface area contributed by atoms with Crippen molar-refractivity contribution in [1.82, 2.24) is 4.90 Å². The van der Waals surface area contributed by atoms with E-state index in [1.54, 1.807) is 37.1 Å². The smallest absolute Gasteiger partial charge is 0.257 e. The molecule has 0 spiro atoms. The fourth-order valence-corrected chi connectivity index (χ4v) is 4.43. The molecule has 1 amide bonds. The van der Waals surface area contributed by atoms with Crippen molar-refractivity contribution in [2.75, 3.05) is 7.05 Å². The molecule has 4 nitrogen and oxygen atoms in total. The Labute approximate surface area is 177 Å². The third-order valence-electron chi connectivity index (χ3n) is 4.78. The van der Waals surface area contributed by atoms with Crippen LogP contribution in [0.15, 0.2) is 69.9 Å². The maximum atomic E-state index is 13.1. The number of carbonyl (C=O) groups excluding carboxylic acids is 1. The number of rotatable bonds is 4. The van der Waals surface area contributed by atoms with Gasteiger partial charge >= 0.3 is 0 Å². The first-order valence-electron chi connectivity index (χ1n) is 9.07. The summed E-state index contributed by atoms with van der Waals surface area (Å²) < 4.78 is 6.83. The van der Waals surface area contributed by atoms with Gasteiger partial charge in [0.2, 0.25) is 0 Å². The maximum absolute atomic E-state index is 13.1. The number of hydrogen-bond donors (Lipinski definition) is 0. The Kier molecular flexibility index (Phi) is 5.26. The first-order chi connectivity index (χ1) is 14.0. The van der Waals surface area contributed by atoms with Gasteiger partial charge in [-0.2, -0.15) is 0 Å². The number of fused-ring (bicyclic) bond motifs is 1. The van der Waals surface area contributed by atoms with Crippen molar-refractivity contribution in [2.24, 2.45) is 0 Å². The lowest BCUT2D eigenvalue weighted by atomic mass is 10.0. The van der Waals surface area contributed by atoms with Crippen molar-refractivity contribution in [2.45, 2.75) is 13.5 Å². The van der Waals surface area contributed by atoms with Gasteiger partial charge in [-0.05, 0) is 31.2 Å². The highest BCUT2D eigenvalue weighted by Gasteiger charge is 2.21. The Morgan fingerprint density at radius 1 is 1.07 bits per heavy atom. The van der Waals surface area contributed by atoms with Gasteiger partial charge in [0.25, 0.3) is 5.91 Å². The molecule has 0 bridgehead atoms. The van der Waals surface area contributed by atoms with Crippen molar-refractivity contribution in [3.8, 4) is 11.3 Å². The summed E-state index contributed by atoms with van der Waals surface area (Å²) in [5, 5.41) is 0.403. The zero-order valence-corrected chi connectivity index (χ0v) is 17.5. The SMILES string of the molecule is Cc1c(-c2ccccc2)oc2c(C(=O)N(C)Cc3ccc(Cl)s3)cccc2c1=O. The van der Waals surface area contributed by atoms with E-state index in [0.717, 1.165) is 10.4 Å². The highest BCUT2D eigenvalue weighted by molar-refractivity contribution is 7.16. The second-order valence-corrected chi connectivity index (χ2v) is 8.60. The highest BCUT2D eigenvalue weighted by atomic mass is 35.5. The second kappa shape index (κ2) is 7.85. The van der Waals surface area contributed by atoms with Crippen molar-refractivity contribution in [3.05, 3.63) is 91.2 Å². The van der Waals surface area contributed by atoms with E-state index in [1.165, 1.54) is 11.3 Å². The van der Waals surface area contributed by atoms with Crippen LogP contribution in [-0.4, -0.2) is 17.9 Å². The van der Waals surface area contributed by atoms with Crippen LogP contribution in [0.4, 0.5) is 0 Å². The second-order valence-electron chi connectivity index (χ2n) is 6.80. The Morgan fingerprint density at radius 2 is 1.83 bits per heavy atom. The molecule has 0 fully saturated rings. The van der Waals surface area contributed by atoms with Crippen LogP contribution in [0.3, 0.4) is 0 Å². The zero-order chi connectivity index (χ0) is 20.5. The minimum Gasteiger partial charge on any atom is -0.455 e. The van der Waals surface area contributed by atoms with Crippen LogP contribution in [0.5, 0.6) is 0 Å². The summed E-state index contributed by atoms with van der Waals surface area (Å²) in [7, 11) is 1.72. The van der Waals surface area contributed by atoms with Gasteiger partial charge in [-0.3, -0.25) is 9.59 Å². The molecule has 6 heteroatoms. The van der Waals surface area contributed by atoms with Crippen molar-refractivity contribution >= 4 is 39.8 Å². The summed E-state index contributed by atoms with van der Waals surface area (Å²) in [4.78, 5) is 28.7. The van der Waals surface area contributed by atoms with Crippen LogP contribution in [0.2, 0.25) is 4.34 Å². The molecule has 2 aromatic carbocycles. The number of nitrogens with zero attached hydrogens (tertiary/aromatic N) is 1. The largest absolute Gasteiger partial charge is 0.455 e. The van der Waals surface area contributed by atoms with Gasteiger partial charge in [0.15, 0.2) is 11.0 Å². The van der Waals surface area contributed by atoms with Crippen molar-refractivity contribution < 1.29 is 9.21 Å². The quantitative estimate of drug-likeness (QED) is 0.419. The van der Waals surface area contributed by atoms with Gasteiger partial charge < -0.3 is 9.32 Å². The summed E-state index contributed by atoms with van der Waals surface area (Å²) in [6.45, 7) is 2.17. The Morgan fingerprint density at radius 3 is 2.52 bits per heavy atom. The average molecular weight is 424 g/mol. The van der Waals surface area contributed by atoms with Crippen LogP contribution in [-0.2, 0) is 6.54 Å². The predicted molar refractivity (Wildman–Crippen MR) is 118 cm³/mol. The van der Waals surface area contributed by atoms with E-state index in [9.17, 15) is 9.59 Å². The van der Waals surface area contributed by atoms with E-state index >= 15 is 0 Å². The van der Waals surface area contributed by atoms with E-state index in [2.05, 4.69) is 0 Å². The normalized spacial score (nSPS) is 11.0. The lowest BCUT2D eigenvalue weighted by Gasteiger charge is -2.17. The molecule has 0 saturated carbocycles. The fourth-order valence-electron chi connectivity index (χ4n) is 3.29. The molecule has 0 aliphatic carbocycles. The standard InChI is InChI=1S/C23H18ClNO3S/c1-14-20(26)17-9-6-10-18(22(17)28-21(14)15-7-4-3-5-8-15)23(27)25(2)13-16-11-12-19(24)29-16/h3-12H,13H2,1-2H3. The highest BCUT2D eigenvalue weighted by Crippen LogP contribution is 2.28. The molecule has 0 unspecified atom stereocenters. The Bertz CT molecular complexity index is 1260. The van der Waals surface area contributed by atoms with E-state index in [-0.39, 0.29) is 11.3 Å². The Balaban J connectivity index is 1.81. The number of halogens is 1. The molecule has 4 aromatic rings. The Hall–Kier alpha value is -2.89. The van der Waals surface area contributed by atoms with Gasteiger partial charge in [0, 0.05) is 23.1 Å². The van der Waals surface area contributed by atoms with E-state index < -0.39 is 0 Å². The van der Waals surface area contributed by atoms with E-state index in [1.807, 2.05) is 42.5 Å². The molecular formula is C23H18ClNO3S. The fraction of sp³-hybridized carbons (Fsp3) is 0.130. The summed E-state index contributed by atoms with van der Waals surface area (Å²) in [6.07, 6.45) is 0. The molecule has 0 saturated heterocycles. The lowest BCUT2D eigenvalue weighted by Crippen LogP contribution is -2.26. The van der Waals surface area contributed by atoms with E-state index in [4.69, 9.17) is 16.0 Å². The summed E-state index contributed by atoms with van der Waals surface area (Å²) >= 11 is 7.43. The van der Waals surface area contributed by atoms with Crippen LogP contribution in [0.1, 0.15) is 20.8 Å². The molecule has 0 radical (unpaired) electrons. The molecule has 0 N–H and O–H groups in total. The number of amides is 1. The van der Waals surface area contributed by atoms with Crippen molar-refractivity contribution in [1.29, 1.82) is 0 Å². The van der Waals surface area contributed by atoms with Crippen molar-refractivity contribution in [3.63, 3.8) is 0 Å². The first-order valence-corrected chi connectivity index (χ1v) is 10.3. The van der Waals surface area contributed by atoms with Gasteiger partial charge in [0.05, 0.1) is 21.8 Å². The number of hydrogen-bond acceptors (Lipinski definition) is 4. The number of thiophene rings is 1. The maximum Gasteiger partial charge on any atom is 0.257 e. The topological polar surface area (TPSA) is 50.5 Å². The molecule has 0 aliphatic rings. The molecule has 0 aliphatic heterocycles. The zero-order valence-electron chi connectivity index (χ0n) is 15.9. The molecule has 2 heterocycles. The third-order valence-corrected chi connectivity index (χ3v) is 6.00. The van der Waals surface area contributed by atoms with Gasteiger partial charge in [0.1, 0.15) is 5.76 Å². The number of para-hydroxylation sites is 1. The molecule has 2 aromatic heterocycles. The third kappa shape index (κ3) is 3.71. The van der Waals surface area contributed by atoms with Crippen LogP contribution < -0.4 is 5.43 Å². The summed E-state index contributed by atoms with van der Waals surface area (Å²) in [5.41, 5.74) is 1.86. The molecule has 146 valence electrons. The average Bonchev–Trinajstić information content (AvgIpc) is 3.14. The van der Waals surface area contributed by atoms with Gasteiger partial charge in [-0.25, -0.2) is 0 Å². The van der Waals surface area contributed by atoms with Crippen LogP contribution >= 0.6 is 22.9 Å². The lowest BCUT2D eigenvalue weighted by molar-refractivity contribution is 0.0787. The minimum atomic E-state index is -0.217. The monoisotopic (exact) mass is 423 g/mol. The first kappa shape index (κ1) is 19.4. The van der Waals surface area contributed by atoms with Gasteiger partial charge in [-0.15, -0.1) is 11.3 Å². The van der Waals surface area contributed by atoms with Crippen LogP contribution in [0, 0.1) is 6.92 Å². The van der Waals surface area contributed by atoms with Crippen LogP contribution in [0.25, 0.3) is 22.3 Å². The molecule has 29 heavy (non-hydrogen) atoms. The molecule has 0 atom stereocenters. The number of benzene rings is 2.